The molecule has 0 aliphatic carbocycles. The SMILES string of the molecule is C=C(C)CO.O=[PH]([O-])O[PH](=O)[O-].O=[PH]([O-])O[PH](=O)[O-].[Ti+4]. The normalized spacial score (nSPS) is 14.9. The van der Waals surface area contributed by atoms with Crippen LogP contribution in [0.5, 0.6) is 0 Å². The standard InChI is InChI=1S/C4H8O.2H4O5P2.Ti/c1-4(2)3-5;2*1-6(2)5-7(3)4;/h5H,1,3H2,2H3;2*6-7H,(H,1,2)(H,3,4);/q;;;+4/p-4. The van der Waals surface area contributed by atoms with Crippen molar-refractivity contribution in [3.05, 3.63) is 12.2 Å². The van der Waals surface area contributed by atoms with Gasteiger partial charge < -0.3 is 42.9 Å². The van der Waals surface area contributed by atoms with E-state index in [4.69, 9.17) is 5.11 Å². The Labute approximate surface area is 132 Å². The van der Waals surface area contributed by atoms with Crippen LogP contribution in [0.4, 0.5) is 0 Å². The number of hydrogen-bond acceptors (Lipinski definition) is 11. The molecule has 11 nitrogen and oxygen atoms in total. The molecule has 0 saturated carbocycles. The van der Waals surface area contributed by atoms with Crippen molar-refractivity contribution in [3.63, 3.8) is 0 Å². The third-order valence-electron chi connectivity index (χ3n) is 0.603. The van der Waals surface area contributed by atoms with Gasteiger partial charge >= 0.3 is 21.7 Å². The van der Waals surface area contributed by atoms with Crippen molar-refractivity contribution in [2.75, 3.05) is 6.61 Å². The average molecular weight is 408 g/mol. The maximum Gasteiger partial charge on any atom is 4.00 e. The minimum atomic E-state index is -3.51. The fourth-order valence-corrected chi connectivity index (χ4v) is 1.22. The molecule has 20 heavy (non-hydrogen) atoms. The first-order valence-corrected chi connectivity index (χ1v) is 8.87. The first-order chi connectivity index (χ1) is 8.52. The minimum absolute atomic E-state index is 0. The Hall–Kier alpha value is 1.09. The van der Waals surface area contributed by atoms with E-state index in [0.717, 1.165) is 5.57 Å². The molecule has 0 aromatic carbocycles. The van der Waals surface area contributed by atoms with Gasteiger partial charge in [-0.1, -0.05) is 12.2 Å². The van der Waals surface area contributed by atoms with Crippen LogP contribution >= 0.6 is 33.0 Å². The van der Waals surface area contributed by atoms with Crippen LogP contribution in [0.15, 0.2) is 12.2 Å². The van der Waals surface area contributed by atoms with Crippen LogP contribution in [-0.4, -0.2) is 11.7 Å². The van der Waals surface area contributed by atoms with Gasteiger partial charge in [0.2, 0.25) is 0 Å². The molecule has 0 amide bonds. The molecule has 0 saturated heterocycles. The Bertz CT molecular complexity index is 295. The molecule has 0 spiro atoms. The topological polar surface area (TPSA) is 199 Å². The number of hydrogen-bond donors (Lipinski definition) is 1. The van der Waals surface area contributed by atoms with Crippen molar-refractivity contribution < 1.29 is 73.3 Å². The van der Waals surface area contributed by atoms with E-state index in [1.165, 1.54) is 0 Å². The monoisotopic (exact) mass is 408 g/mol. The quantitative estimate of drug-likeness (QED) is 0.288. The van der Waals surface area contributed by atoms with Gasteiger partial charge in [-0.3, -0.25) is 8.62 Å². The van der Waals surface area contributed by atoms with E-state index >= 15 is 0 Å². The molecule has 4 unspecified atom stereocenters. The maximum atomic E-state index is 9.29. The van der Waals surface area contributed by atoms with Crippen LogP contribution in [-0.2, 0) is 48.6 Å². The van der Waals surface area contributed by atoms with Gasteiger partial charge in [-0.25, -0.2) is 0 Å². The molecule has 16 heteroatoms. The van der Waals surface area contributed by atoms with Gasteiger partial charge in [0.15, 0.2) is 0 Å². The smallest absolute Gasteiger partial charge is 0.781 e. The molecule has 0 aromatic rings. The third-order valence-corrected chi connectivity index (χ3v) is 3.27. The summed E-state index contributed by atoms with van der Waals surface area (Å²) in [6.45, 7) is 5.31. The van der Waals surface area contributed by atoms with E-state index in [2.05, 4.69) is 15.2 Å². The van der Waals surface area contributed by atoms with Crippen molar-refractivity contribution in [2.24, 2.45) is 0 Å². The predicted molar refractivity (Wildman–Crippen MR) is 60.1 cm³/mol. The fraction of sp³-hybridized carbons (Fsp3) is 0.500. The fourth-order valence-electron chi connectivity index (χ4n) is 0.136. The van der Waals surface area contributed by atoms with E-state index < -0.39 is 33.0 Å². The maximum absolute atomic E-state index is 9.29. The summed E-state index contributed by atoms with van der Waals surface area (Å²) in [5.74, 6) is 0. The zero-order valence-corrected chi connectivity index (χ0v) is 15.5. The molecule has 118 valence electrons. The van der Waals surface area contributed by atoms with Gasteiger partial charge in [-0.2, -0.15) is 0 Å². The summed E-state index contributed by atoms with van der Waals surface area (Å²) < 4.78 is 43.6. The van der Waals surface area contributed by atoms with Crippen LogP contribution in [0.25, 0.3) is 0 Å². The summed E-state index contributed by atoms with van der Waals surface area (Å²) in [6, 6.07) is 0. The summed E-state index contributed by atoms with van der Waals surface area (Å²) in [5, 5.41) is 8.04. The van der Waals surface area contributed by atoms with Gasteiger partial charge in [-0.15, -0.1) is 0 Å². The molecule has 0 fully saturated rings. The average Bonchev–Trinajstić information content (AvgIpc) is 2.14. The summed E-state index contributed by atoms with van der Waals surface area (Å²) in [7, 11) is -14.1. The molecule has 0 rings (SSSR count). The molecule has 0 radical (unpaired) electrons. The van der Waals surface area contributed by atoms with Crippen LogP contribution < -0.4 is 19.6 Å². The van der Waals surface area contributed by atoms with Crippen LogP contribution in [0.1, 0.15) is 6.92 Å². The van der Waals surface area contributed by atoms with E-state index in [1.54, 1.807) is 6.92 Å². The predicted octanol–water partition coefficient (Wildman–Crippen LogP) is -2.44. The summed E-state index contributed by atoms with van der Waals surface area (Å²) in [4.78, 5) is 37.1. The zero-order valence-electron chi connectivity index (χ0n) is 9.94. The van der Waals surface area contributed by atoms with Gasteiger partial charge in [0.05, 0.1) is 6.61 Å². The van der Waals surface area contributed by atoms with Crippen molar-refractivity contribution >= 4 is 33.0 Å². The van der Waals surface area contributed by atoms with Crippen LogP contribution in [0.2, 0.25) is 0 Å². The summed E-state index contributed by atoms with van der Waals surface area (Å²) in [6.07, 6.45) is 0. The zero-order chi connectivity index (χ0) is 16.0. The van der Waals surface area contributed by atoms with E-state index in [-0.39, 0.29) is 28.3 Å². The molecule has 0 aromatic heterocycles. The number of aliphatic hydroxyl groups excluding tert-OH is 1. The van der Waals surface area contributed by atoms with Crippen LogP contribution in [0, 0.1) is 0 Å². The van der Waals surface area contributed by atoms with Crippen LogP contribution in [0.3, 0.4) is 0 Å². The summed E-state index contributed by atoms with van der Waals surface area (Å²) in [5.41, 5.74) is 0.810. The second-order valence-electron chi connectivity index (χ2n) is 2.32. The molecular formula is C4H12O11P4Ti. The van der Waals surface area contributed by atoms with Crippen molar-refractivity contribution in [1.29, 1.82) is 0 Å². The largest absolute Gasteiger partial charge is 4.00 e. The van der Waals surface area contributed by atoms with Gasteiger partial charge in [0.25, 0.3) is 0 Å². The van der Waals surface area contributed by atoms with Crippen molar-refractivity contribution in [1.82, 2.24) is 0 Å². The van der Waals surface area contributed by atoms with Gasteiger partial charge in [-0.05, 0) is 6.92 Å². The molecule has 0 bridgehead atoms. The second-order valence-corrected chi connectivity index (χ2v) is 5.95. The first kappa shape index (κ1) is 29.1. The molecule has 1 N–H and O–H groups in total. The Balaban J connectivity index is -0.0000000952. The third kappa shape index (κ3) is 50.8. The Morgan fingerprint density at radius 1 is 0.950 bits per heavy atom. The Morgan fingerprint density at radius 3 is 1.10 bits per heavy atom. The number of aliphatic hydroxyl groups is 1. The minimum Gasteiger partial charge on any atom is -0.781 e. The molecular weight excluding hydrogens is 396 g/mol. The van der Waals surface area contributed by atoms with Gasteiger partial charge in [0.1, 0.15) is 33.0 Å². The van der Waals surface area contributed by atoms with E-state index in [0.29, 0.717) is 0 Å². The molecule has 0 heterocycles. The second kappa shape index (κ2) is 20.1. The Morgan fingerprint density at radius 2 is 1.10 bits per heavy atom. The molecule has 0 aliphatic heterocycles. The van der Waals surface area contributed by atoms with Crippen molar-refractivity contribution in [3.8, 4) is 0 Å². The van der Waals surface area contributed by atoms with Crippen molar-refractivity contribution in [2.45, 2.75) is 6.92 Å². The molecule has 0 aliphatic rings. The molecule has 4 atom stereocenters. The Kier molecular flexibility index (Phi) is 29.3. The number of rotatable bonds is 5. The van der Waals surface area contributed by atoms with E-state index in [9.17, 15) is 37.8 Å². The van der Waals surface area contributed by atoms with Gasteiger partial charge in [0, 0.05) is 0 Å². The van der Waals surface area contributed by atoms with E-state index in [1.807, 2.05) is 0 Å². The first-order valence-electron chi connectivity index (χ1n) is 3.97. The summed E-state index contributed by atoms with van der Waals surface area (Å²) >= 11 is 0.